The van der Waals surface area contributed by atoms with E-state index in [-0.39, 0.29) is 12.4 Å². The van der Waals surface area contributed by atoms with Gasteiger partial charge in [0.1, 0.15) is 5.69 Å². The van der Waals surface area contributed by atoms with E-state index in [1.54, 1.807) is 0 Å². The fourth-order valence-corrected chi connectivity index (χ4v) is 3.36. The van der Waals surface area contributed by atoms with E-state index in [1.807, 2.05) is 18.6 Å². The van der Waals surface area contributed by atoms with Crippen molar-refractivity contribution in [2.75, 3.05) is 6.54 Å². The maximum Gasteiger partial charge on any atom is 0.165 e. The largest absolute Gasteiger partial charge is 0.361 e. The molecular formula is C18H19ClN6. The van der Waals surface area contributed by atoms with Crippen LogP contribution in [0, 0.1) is 0 Å². The Balaban J connectivity index is 0.00000157. The zero-order valence-corrected chi connectivity index (χ0v) is 14.5. The van der Waals surface area contributed by atoms with E-state index in [1.165, 1.54) is 11.1 Å². The molecule has 1 aromatic carbocycles. The van der Waals surface area contributed by atoms with E-state index in [9.17, 15) is 0 Å². The summed E-state index contributed by atoms with van der Waals surface area (Å²) >= 11 is 0. The van der Waals surface area contributed by atoms with Crippen molar-refractivity contribution < 1.29 is 0 Å². The number of hydrogen-bond donors (Lipinski definition) is 2. The lowest BCUT2D eigenvalue weighted by Gasteiger charge is -2.06. The van der Waals surface area contributed by atoms with Gasteiger partial charge in [-0.25, -0.2) is 4.98 Å². The molecule has 25 heavy (non-hydrogen) atoms. The summed E-state index contributed by atoms with van der Waals surface area (Å²) in [4.78, 5) is 7.79. The number of benzene rings is 1. The van der Waals surface area contributed by atoms with Crippen molar-refractivity contribution in [2.24, 2.45) is 0 Å². The number of aromatic nitrogens is 5. The number of aromatic amines is 1. The number of hydrogen-bond acceptors (Lipinski definition) is 3. The maximum atomic E-state index is 4.78. The summed E-state index contributed by atoms with van der Waals surface area (Å²) in [7, 11) is 0. The predicted molar refractivity (Wildman–Crippen MR) is 100 cm³/mol. The summed E-state index contributed by atoms with van der Waals surface area (Å²) in [5.74, 6) is 0.880. The minimum atomic E-state index is 0. The predicted octanol–water partition coefficient (Wildman–Crippen LogP) is 3.13. The second-order valence-electron chi connectivity index (χ2n) is 6.14. The number of nitrogens with zero attached hydrogens (tertiary/aromatic N) is 4. The number of rotatable bonds is 2. The molecule has 2 N–H and O–H groups in total. The average molecular weight is 355 g/mol. The number of halogens is 1. The molecule has 4 aromatic rings. The quantitative estimate of drug-likeness (QED) is 0.581. The topological polar surface area (TPSA) is 63.5 Å². The van der Waals surface area contributed by atoms with Gasteiger partial charge >= 0.3 is 0 Å². The van der Waals surface area contributed by atoms with Gasteiger partial charge in [0.05, 0.1) is 5.69 Å². The Morgan fingerprint density at radius 2 is 2.08 bits per heavy atom. The molecular weight excluding hydrogens is 336 g/mol. The smallest absolute Gasteiger partial charge is 0.165 e. The standard InChI is InChI=1S/C18H18N6.ClH/c1-5-19-12-15-11-17(22-24(15)8-1)18-21-7-9-23(18)14-2-3-16-13(10-14)4-6-20-16;/h2-4,6-7,9-11,19-20H,1,5,8,12H2;1H. The Kier molecular flexibility index (Phi) is 4.07. The fraction of sp³-hybridized carbons (Fsp3) is 0.222. The normalized spacial score (nSPS) is 14.1. The van der Waals surface area contributed by atoms with Crippen LogP contribution in [0.25, 0.3) is 28.1 Å². The number of fused-ring (bicyclic) bond motifs is 2. The SMILES string of the molecule is Cl.c1cn(-c2ccc3[nH]ccc3c2)c(-c2cc3n(n2)CCCNC3)n1. The van der Waals surface area contributed by atoms with E-state index in [4.69, 9.17) is 5.10 Å². The molecule has 5 rings (SSSR count). The van der Waals surface area contributed by atoms with Crippen LogP contribution >= 0.6 is 12.4 Å². The van der Waals surface area contributed by atoms with Crippen molar-refractivity contribution in [3.63, 3.8) is 0 Å². The molecule has 0 atom stereocenters. The van der Waals surface area contributed by atoms with Crippen molar-refractivity contribution in [1.82, 2.24) is 29.6 Å². The Labute approximate surface area is 151 Å². The monoisotopic (exact) mass is 354 g/mol. The van der Waals surface area contributed by atoms with Gasteiger partial charge in [0, 0.05) is 48.3 Å². The van der Waals surface area contributed by atoms with E-state index in [2.05, 4.69) is 54.9 Å². The molecule has 1 aliphatic heterocycles. The van der Waals surface area contributed by atoms with Gasteiger partial charge in [-0.15, -0.1) is 12.4 Å². The minimum absolute atomic E-state index is 0. The summed E-state index contributed by atoms with van der Waals surface area (Å²) < 4.78 is 4.20. The van der Waals surface area contributed by atoms with Gasteiger partial charge in [0.25, 0.3) is 0 Å². The van der Waals surface area contributed by atoms with Crippen LogP contribution in [0.5, 0.6) is 0 Å². The van der Waals surface area contributed by atoms with Gasteiger partial charge in [-0.3, -0.25) is 9.25 Å². The second kappa shape index (κ2) is 6.38. The van der Waals surface area contributed by atoms with Crippen molar-refractivity contribution in [1.29, 1.82) is 0 Å². The van der Waals surface area contributed by atoms with Gasteiger partial charge in [0.15, 0.2) is 5.82 Å². The van der Waals surface area contributed by atoms with Gasteiger partial charge in [-0.05, 0) is 43.3 Å². The van der Waals surface area contributed by atoms with Crippen molar-refractivity contribution in [2.45, 2.75) is 19.5 Å². The molecule has 0 fully saturated rings. The van der Waals surface area contributed by atoms with Crippen LogP contribution in [-0.2, 0) is 13.1 Å². The summed E-state index contributed by atoms with van der Waals surface area (Å²) in [5.41, 5.74) is 4.38. The van der Waals surface area contributed by atoms with Crippen molar-refractivity contribution in [3.8, 4) is 17.2 Å². The Morgan fingerprint density at radius 1 is 1.12 bits per heavy atom. The average Bonchev–Trinajstić information content (AvgIpc) is 3.31. The molecule has 4 heterocycles. The molecule has 0 radical (unpaired) electrons. The van der Waals surface area contributed by atoms with Crippen molar-refractivity contribution >= 4 is 23.3 Å². The molecule has 0 unspecified atom stereocenters. The molecule has 1 aliphatic rings. The lowest BCUT2D eigenvalue weighted by molar-refractivity contribution is 0.588. The number of H-pyrrole nitrogens is 1. The number of nitrogens with one attached hydrogen (secondary N) is 2. The van der Waals surface area contributed by atoms with E-state index in [0.29, 0.717) is 0 Å². The van der Waals surface area contributed by atoms with Gasteiger partial charge in [-0.1, -0.05) is 0 Å². The maximum absolute atomic E-state index is 4.78. The number of aryl methyl sites for hydroxylation is 1. The minimum Gasteiger partial charge on any atom is -0.361 e. The van der Waals surface area contributed by atoms with Gasteiger partial charge < -0.3 is 10.3 Å². The molecule has 0 amide bonds. The fourth-order valence-electron chi connectivity index (χ4n) is 3.36. The van der Waals surface area contributed by atoms with Crippen molar-refractivity contribution in [3.05, 3.63) is 54.6 Å². The summed E-state index contributed by atoms with van der Waals surface area (Å²) in [6, 6.07) is 10.6. The summed E-state index contributed by atoms with van der Waals surface area (Å²) in [6.45, 7) is 2.87. The first-order valence-corrected chi connectivity index (χ1v) is 8.27. The third kappa shape index (κ3) is 2.73. The first kappa shape index (κ1) is 15.9. The lowest BCUT2D eigenvalue weighted by Crippen LogP contribution is -2.11. The van der Waals surface area contributed by atoms with E-state index >= 15 is 0 Å². The van der Waals surface area contributed by atoms with E-state index < -0.39 is 0 Å². The highest BCUT2D eigenvalue weighted by Gasteiger charge is 2.16. The number of imidazole rings is 1. The Morgan fingerprint density at radius 3 is 3.04 bits per heavy atom. The molecule has 0 saturated carbocycles. The van der Waals surface area contributed by atoms with Crippen LogP contribution in [-0.4, -0.2) is 30.9 Å². The van der Waals surface area contributed by atoms with E-state index in [0.717, 1.165) is 48.8 Å². The van der Waals surface area contributed by atoms with Gasteiger partial charge in [-0.2, -0.15) is 5.10 Å². The molecule has 0 saturated heterocycles. The Hall–Kier alpha value is -2.57. The van der Waals surface area contributed by atoms with Crippen LogP contribution < -0.4 is 5.32 Å². The van der Waals surface area contributed by atoms with Crippen LogP contribution in [0.1, 0.15) is 12.1 Å². The highest BCUT2D eigenvalue weighted by atomic mass is 35.5. The highest BCUT2D eigenvalue weighted by Crippen LogP contribution is 2.24. The molecule has 0 aliphatic carbocycles. The third-order valence-corrected chi connectivity index (χ3v) is 4.58. The zero-order chi connectivity index (χ0) is 15.9. The van der Waals surface area contributed by atoms with Gasteiger partial charge in [0.2, 0.25) is 0 Å². The molecule has 0 spiro atoms. The highest BCUT2D eigenvalue weighted by molar-refractivity contribution is 5.85. The third-order valence-electron chi connectivity index (χ3n) is 4.58. The first-order valence-electron chi connectivity index (χ1n) is 8.27. The summed E-state index contributed by atoms with van der Waals surface area (Å²) in [5, 5.41) is 9.40. The summed E-state index contributed by atoms with van der Waals surface area (Å²) in [6.07, 6.45) is 6.89. The second-order valence-corrected chi connectivity index (χ2v) is 6.14. The van der Waals surface area contributed by atoms with Crippen LogP contribution in [0.15, 0.2) is 48.9 Å². The molecule has 6 nitrogen and oxygen atoms in total. The molecule has 7 heteroatoms. The van der Waals surface area contributed by atoms with Crippen LogP contribution in [0.2, 0.25) is 0 Å². The Bertz CT molecular complexity index is 988. The lowest BCUT2D eigenvalue weighted by atomic mass is 10.2. The van der Waals surface area contributed by atoms with Crippen LogP contribution in [0.3, 0.4) is 0 Å². The first-order chi connectivity index (χ1) is 11.9. The van der Waals surface area contributed by atoms with Crippen LogP contribution in [0.4, 0.5) is 0 Å². The molecule has 0 bridgehead atoms. The molecule has 128 valence electrons. The molecule has 3 aromatic heterocycles. The zero-order valence-electron chi connectivity index (χ0n) is 13.6.